The van der Waals surface area contributed by atoms with Gasteiger partial charge in [-0.05, 0) is 107 Å². The molecule has 364 valence electrons. The predicted molar refractivity (Wildman–Crippen MR) is 241 cm³/mol. The lowest BCUT2D eigenvalue weighted by atomic mass is 9.72. The molecule has 2 amide bonds. The van der Waals surface area contributed by atoms with Gasteiger partial charge in [-0.25, -0.2) is 0 Å². The molecule has 0 saturated carbocycles. The molecule has 0 aromatic carbocycles. The van der Waals surface area contributed by atoms with E-state index in [1.165, 1.54) is 0 Å². The Balaban J connectivity index is 1.24. The normalized spacial score (nSPS) is 39.5. The molecule has 4 fully saturated rings. The van der Waals surface area contributed by atoms with Crippen molar-refractivity contribution in [1.82, 2.24) is 15.6 Å². The highest BCUT2D eigenvalue weighted by atomic mass is 16.8. The van der Waals surface area contributed by atoms with Crippen LogP contribution in [-0.4, -0.2) is 109 Å². The fourth-order valence-corrected chi connectivity index (χ4v) is 11.6. The van der Waals surface area contributed by atoms with Crippen LogP contribution in [0.15, 0.2) is 36.7 Å². The zero-order valence-electron chi connectivity index (χ0n) is 40.3. The van der Waals surface area contributed by atoms with Gasteiger partial charge in [0.15, 0.2) is 11.6 Å². The number of hydrogen-bond donors (Lipinski definition) is 5. The number of aliphatic carboxylic acids is 1. The molecule has 1 aromatic rings. The molecule has 5 N–H and O–H groups in total. The number of amides is 2. The lowest BCUT2D eigenvalue weighted by molar-refractivity contribution is -0.398. The van der Waals surface area contributed by atoms with Crippen molar-refractivity contribution < 1.29 is 58.2 Å². The van der Waals surface area contributed by atoms with Gasteiger partial charge in [0.25, 0.3) is 0 Å². The van der Waals surface area contributed by atoms with Gasteiger partial charge < -0.3 is 49.6 Å². The topological polar surface area (TPSA) is 212 Å². The summed E-state index contributed by atoms with van der Waals surface area (Å²) in [4.78, 5) is 57.6. The first-order valence-corrected chi connectivity index (χ1v) is 24.4. The third-order valence-corrected chi connectivity index (χ3v) is 16.2. The van der Waals surface area contributed by atoms with E-state index < -0.39 is 107 Å². The molecule has 6 heterocycles. The summed E-state index contributed by atoms with van der Waals surface area (Å²) in [7, 11) is 0. The Kier molecular flexibility index (Phi) is 16.1. The standard InChI is InChI=1S/C50H77N3O12/c1-11-35(46(58)59)37-15-14-28(4)42(62-37)32(8)40(54)31(7)41(55)36(12-2)43-29(5)26-30(6)49(63-43)21-16-38(53-45(57)44(56)52-27-34-18-24-51-25-19-34)50(65-49)23-22-47(10,64-50)39-17-20-48(60,13-3)33(9)61-39/h16,18-19,21,24-25,28-33,35-40,42-43,54,60H,11-15,17,20,22-23,26-27H2,1-10H3,(H,52,56)(H,53,57)(H,58,59)/t28-,29-,30+,31-,32-,33-,35+,36?,37+,38+,39+,40+,42+,43-,47-,48+,49-,50-/m0/s1. The van der Waals surface area contributed by atoms with Crippen molar-refractivity contribution in [2.75, 3.05) is 0 Å². The number of carbonyl (C=O) groups excluding carboxylic acids is 3. The van der Waals surface area contributed by atoms with Gasteiger partial charge in [0, 0.05) is 49.0 Å². The first kappa shape index (κ1) is 51.1. The number of carbonyl (C=O) groups is 4. The van der Waals surface area contributed by atoms with Gasteiger partial charge in [-0.15, -0.1) is 0 Å². The second-order valence-corrected chi connectivity index (χ2v) is 20.5. The third-order valence-electron chi connectivity index (χ3n) is 16.2. The van der Waals surface area contributed by atoms with Gasteiger partial charge in [-0.2, -0.15) is 0 Å². The van der Waals surface area contributed by atoms with Gasteiger partial charge in [0.05, 0.1) is 53.7 Å². The predicted octanol–water partition coefficient (Wildman–Crippen LogP) is 6.02. The van der Waals surface area contributed by atoms with Crippen LogP contribution in [-0.2, 0) is 49.4 Å². The molecule has 5 aliphatic rings. The minimum absolute atomic E-state index is 0.0689. The molecule has 2 spiro atoms. The van der Waals surface area contributed by atoms with E-state index in [0.29, 0.717) is 57.8 Å². The van der Waals surface area contributed by atoms with E-state index in [4.69, 9.17) is 23.7 Å². The van der Waals surface area contributed by atoms with Crippen molar-refractivity contribution in [2.45, 2.75) is 205 Å². The molecule has 15 nitrogen and oxygen atoms in total. The molecule has 1 aromatic heterocycles. The molecule has 0 radical (unpaired) electrons. The number of ketones is 1. The van der Waals surface area contributed by atoms with Gasteiger partial charge in [0.1, 0.15) is 11.8 Å². The van der Waals surface area contributed by atoms with Crippen molar-refractivity contribution in [3.8, 4) is 0 Å². The van der Waals surface area contributed by atoms with Crippen LogP contribution in [0, 0.1) is 41.4 Å². The molecular formula is C50H77N3O12. The summed E-state index contributed by atoms with van der Waals surface area (Å²) in [6.07, 6.45) is 8.71. The molecule has 18 atom stereocenters. The first-order chi connectivity index (χ1) is 30.7. The van der Waals surface area contributed by atoms with E-state index in [0.717, 1.165) is 12.0 Å². The number of rotatable bonds is 15. The maximum absolute atomic E-state index is 14.7. The number of carboxylic acids is 1. The summed E-state index contributed by atoms with van der Waals surface area (Å²) in [6, 6.07) is 2.59. The smallest absolute Gasteiger partial charge is 0.309 e. The highest BCUT2D eigenvalue weighted by Gasteiger charge is 2.63. The molecule has 65 heavy (non-hydrogen) atoms. The minimum atomic E-state index is -1.51. The Bertz CT molecular complexity index is 1870. The lowest BCUT2D eigenvalue weighted by Crippen LogP contribution is -2.66. The van der Waals surface area contributed by atoms with E-state index in [2.05, 4.69) is 29.5 Å². The molecule has 6 rings (SSSR count). The number of aliphatic hydroxyl groups excluding tert-OH is 1. The number of carboxylic acid groups (broad SMARTS) is 1. The summed E-state index contributed by atoms with van der Waals surface area (Å²) in [5.41, 5.74) is -1.08. The van der Waals surface area contributed by atoms with E-state index in [-0.39, 0.29) is 30.1 Å². The van der Waals surface area contributed by atoms with Gasteiger partial charge >= 0.3 is 17.8 Å². The average Bonchev–Trinajstić information content (AvgIpc) is 3.63. The number of nitrogens with zero attached hydrogens (tertiary/aromatic N) is 1. The number of aliphatic hydroxyl groups is 2. The largest absolute Gasteiger partial charge is 0.481 e. The first-order valence-electron chi connectivity index (χ1n) is 24.4. The molecule has 1 unspecified atom stereocenters. The van der Waals surface area contributed by atoms with Gasteiger partial charge in [-0.3, -0.25) is 24.2 Å². The molecule has 15 heteroatoms. The minimum Gasteiger partial charge on any atom is -0.481 e. The fraction of sp³-hybridized carbons (Fsp3) is 0.780. The quantitative estimate of drug-likeness (QED) is 0.101. The van der Waals surface area contributed by atoms with Crippen molar-refractivity contribution in [2.24, 2.45) is 41.4 Å². The Hall–Kier alpha value is -3.31. The van der Waals surface area contributed by atoms with Crippen molar-refractivity contribution in [3.63, 3.8) is 0 Å². The second kappa shape index (κ2) is 20.5. The van der Waals surface area contributed by atoms with Crippen LogP contribution in [0.1, 0.15) is 139 Å². The summed E-state index contributed by atoms with van der Waals surface area (Å²) in [5.74, 6) is -8.32. The molecule has 0 aliphatic carbocycles. The second-order valence-electron chi connectivity index (χ2n) is 20.5. The molecule has 4 saturated heterocycles. The zero-order valence-corrected chi connectivity index (χ0v) is 40.3. The van der Waals surface area contributed by atoms with E-state index in [9.17, 15) is 34.5 Å². The van der Waals surface area contributed by atoms with Gasteiger partial charge in [0.2, 0.25) is 0 Å². The number of Topliss-reactive ketones (excluding diaryl/α,β-unsaturated/α-hetero) is 1. The van der Waals surface area contributed by atoms with Crippen LogP contribution in [0.25, 0.3) is 0 Å². The summed E-state index contributed by atoms with van der Waals surface area (Å²) in [6.45, 7) is 19.5. The van der Waals surface area contributed by atoms with Crippen LogP contribution in [0.2, 0.25) is 0 Å². The fourth-order valence-electron chi connectivity index (χ4n) is 11.6. The number of aromatic nitrogens is 1. The number of hydrogen-bond acceptors (Lipinski definition) is 12. The molecule has 5 aliphatic heterocycles. The number of pyridine rings is 1. The highest BCUT2D eigenvalue weighted by molar-refractivity contribution is 6.35. The monoisotopic (exact) mass is 912 g/mol. The summed E-state index contributed by atoms with van der Waals surface area (Å²) in [5, 5.41) is 38.6. The Morgan fingerprint density at radius 2 is 1.57 bits per heavy atom. The van der Waals surface area contributed by atoms with Crippen LogP contribution < -0.4 is 10.6 Å². The maximum atomic E-state index is 14.7. The zero-order chi connectivity index (χ0) is 47.6. The SMILES string of the molecule is CCC(C(=O)[C@@H](C)[C@@H](O)[C@H](C)[C@@H]1O[C@@H]([C@@H](CC)C(=O)O)CC[C@@H]1C)[C@H]1O[C@]2(C=C[C@@H](NC(=O)C(=O)NCc3ccncc3)[C@]3(CC[C@@](C)([C@H]4CC[C@](O)(CC)[C@H](C)O4)O3)O2)[C@H](C)C[C@@H]1C. The van der Waals surface area contributed by atoms with Crippen molar-refractivity contribution >= 4 is 23.6 Å². The Labute approximate surface area is 385 Å². The van der Waals surface area contributed by atoms with Crippen LogP contribution in [0.4, 0.5) is 0 Å². The van der Waals surface area contributed by atoms with Crippen LogP contribution in [0.3, 0.4) is 0 Å². The maximum Gasteiger partial charge on any atom is 0.309 e. The van der Waals surface area contributed by atoms with Crippen LogP contribution >= 0.6 is 0 Å². The summed E-state index contributed by atoms with van der Waals surface area (Å²) < 4.78 is 34.4. The Morgan fingerprint density at radius 1 is 0.877 bits per heavy atom. The number of ether oxygens (including phenoxy) is 5. The lowest BCUT2D eigenvalue weighted by Gasteiger charge is -2.55. The Morgan fingerprint density at radius 3 is 2.20 bits per heavy atom. The van der Waals surface area contributed by atoms with Gasteiger partial charge in [-0.1, -0.05) is 61.5 Å². The number of nitrogens with one attached hydrogen (secondary N) is 2. The van der Waals surface area contributed by atoms with Crippen molar-refractivity contribution in [3.05, 3.63) is 42.2 Å². The van der Waals surface area contributed by atoms with E-state index in [1.807, 2.05) is 48.5 Å². The van der Waals surface area contributed by atoms with E-state index >= 15 is 0 Å². The summed E-state index contributed by atoms with van der Waals surface area (Å²) >= 11 is 0. The average molecular weight is 912 g/mol. The third kappa shape index (κ3) is 10.4. The highest BCUT2D eigenvalue weighted by Crippen LogP contribution is 2.54. The van der Waals surface area contributed by atoms with Crippen LogP contribution in [0.5, 0.6) is 0 Å². The molecule has 0 bridgehead atoms. The molecular weight excluding hydrogens is 835 g/mol. The van der Waals surface area contributed by atoms with E-state index in [1.54, 1.807) is 43.6 Å². The van der Waals surface area contributed by atoms with Crippen molar-refractivity contribution in [1.29, 1.82) is 0 Å².